The summed E-state index contributed by atoms with van der Waals surface area (Å²) < 4.78 is 24.7. The van der Waals surface area contributed by atoms with Gasteiger partial charge in [-0.3, -0.25) is 0 Å². The summed E-state index contributed by atoms with van der Waals surface area (Å²) in [5.41, 5.74) is -0.722. The second-order valence-corrected chi connectivity index (χ2v) is 5.27. The quantitative estimate of drug-likeness (QED) is 0.848. The van der Waals surface area contributed by atoms with Crippen LogP contribution in [0, 0.1) is 5.82 Å². The third-order valence-electron chi connectivity index (χ3n) is 3.99. The van der Waals surface area contributed by atoms with Crippen molar-refractivity contribution in [3.63, 3.8) is 0 Å². The second kappa shape index (κ2) is 6.89. The predicted molar refractivity (Wildman–Crippen MR) is 78.7 cm³/mol. The molecule has 0 spiro atoms. The molecule has 0 aromatic heterocycles. The van der Waals surface area contributed by atoms with Crippen molar-refractivity contribution in [2.75, 3.05) is 19.0 Å². The van der Waals surface area contributed by atoms with E-state index in [0.29, 0.717) is 12.1 Å². The highest BCUT2D eigenvalue weighted by Gasteiger charge is 2.49. The van der Waals surface area contributed by atoms with Crippen molar-refractivity contribution in [1.82, 2.24) is 0 Å². The molecular weight excluding hydrogens is 273 g/mol. The first-order chi connectivity index (χ1) is 10.1. The van der Waals surface area contributed by atoms with E-state index in [2.05, 4.69) is 5.32 Å². The normalized spacial score (nSPS) is 25.4. The molecule has 2 rings (SSSR count). The predicted octanol–water partition coefficient (Wildman–Crippen LogP) is 3.13. The zero-order valence-corrected chi connectivity index (χ0v) is 12.5. The van der Waals surface area contributed by atoms with Gasteiger partial charge in [0, 0.05) is 7.11 Å². The van der Waals surface area contributed by atoms with Gasteiger partial charge in [-0.15, -0.1) is 0 Å². The molecule has 1 aliphatic carbocycles. The lowest BCUT2D eigenvalue weighted by molar-refractivity contribution is -0.156. The minimum Gasteiger partial charge on any atom is -0.464 e. The number of rotatable bonds is 5. The first kappa shape index (κ1) is 15.8. The number of nitrogens with one attached hydrogen (secondary N) is 1. The van der Waals surface area contributed by atoms with E-state index in [1.54, 1.807) is 32.2 Å². The Morgan fingerprint density at radius 2 is 2.19 bits per heavy atom. The number of ether oxygens (including phenoxy) is 2. The van der Waals surface area contributed by atoms with E-state index in [9.17, 15) is 9.18 Å². The largest absolute Gasteiger partial charge is 0.464 e. The molecule has 0 saturated heterocycles. The van der Waals surface area contributed by atoms with Crippen LogP contribution in [-0.4, -0.2) is 31.3 Å². The van der Waals surface area contributed by atoms with Gasteiger partial charge in [-0.1, -0.05) is 25.0 Å². The summed E-state index contributed by atoms with van der Waals surface area (Å²) in [4.78, 5) is 12.5. The maximum Gasteiger partial charge on any atom is 0.334 e. The Kier molecular flexibility index (Phi) is 5.17. The van der Waals surface area contributed by atoms with Crippen LogP contribution in [0.5, 0.6) is 0 Å². The molecule has 116 valence electrons. The molecule has 1 N–H and O–H groups in total. The molecule has 4 nitrogen and oxygen atoms in total. The van der Waals surface area contributed by atoms with E-state index in [4.69, 9.17) is 9.47 Å². The van der Waals surface area contributed by atoms with Crippen LogP contribution in [-0.2, 0) is 14.3 Å². The van der Waals surface area contributed by atoms with E-state index < -0.39 is 5.54 Å². The van der Waals surface area contributed by atoms with Crippen LogP contribution >= 0.6 is 0 Å². The molecule has 2 atom stereocenters. The number of carbonyl (C=O) groups is 1. The maximum absolute atomic E-state index is 13.9. The molecule has 0 aliphatic heterocycles. The average Bonchev–Trinajstić information content (AvgIpc) is 2.50. The van der Waals surface area contributed by atoms with Gasteiger partial charge >= 0.3 is 5.97 Å². The Morgan fingerprint density at radius 3 is 2.86 bits per heavy atom. The average molecular weight is 295 g/mol. The third kappa shape index (κ3) is 3.18. The van der Waals surface area contributed by atoms with Crippen LogP contribution in [0.1, 0.15) is 32.6 Å². The van der Waals surface area contributed by atoms with Gasteiger partial charge in [-0.2, -0.15) is 0 Å². The number of esters is 1. The molecule has 1 aromatic rings. The van der Waals surface area contributed by atoms with Gasteiger partial charge in [0.25, 0.3) is 0 Å². The monoisotopic (exact) mass is 295 g/mol. The minimum absolute atomic E-state index is 0.288. The van der Waals surface area contributed by atoms with Crippen molar-refractivity contribution in [2.45, 2.75) is 44.2 Å². The lowest BCUT2D eigenvalue weighted by atomic mass is 9.78. The van der Waals surface area contributed by atoms with E-state index in [0.717, 1.165) is 19.3 Å². The first-order valence-corrected chi connectivity index (χ1v) is 7.36. The number of hydrogen-bond acceptors (Lipinski definition) is 4. The summed E-state index contributed by atoms with van der Waals surface area (Å²) in [5.74, 6) is -0.763. The molecule has 1 aliphatic rings. The van der Waals surface area contributed by atoms with Gasteiger partial charge in [0.05, 0.1) is 18.4 Å². The Morgan fingerprint density at radius 1 is 1.43 bits per heavy atom. The van der Waals surface area contributed by atoms with E-state index >= 15 is 0 Å². The van der Waals surface area contributed by atoms with Crippen LogP contribution < -0.4 is 5.32 Å². The second-order valence-electron chi connectivity index (χ2n) is 5.27. The molecule has 0 radical (unpaired) electrons. The van der Waals surface area contributed by atoms with E-state index in [-0.39, 0.29) is 24.5 Å². The zero-order chi connectivity index (χ0) is 15.3. The van der Waals surface area contributed by atoms with Crippen LogP contribution in [0.25, 0.3) is 0 Å². The third-order valence-corrected chi connectivity index (χ3v) is 3.99. The van der Waals surface area contributed by atoms with Gasteiger partial charge in [0.15, 0.2) is 5.54 Å². The van der Waals surface area contributed by atoms with E-state index in [1.807, 2.05) is 0 Å². The van der Waals surface area contributed by atoms with Crippen molar-refractivity contribution < 1.29 is 18.7 Å². The van der Waals surface area contributed by atoms with Gasteiger partial charge in [0.1, 0.15) is 5.82 Å². The summed E-state index contributed by atoms with van der Waals surface area (Å²) in [6, 6.07) is 6.34. The van der Waals surface area contributed by atoms with Crippen molar-refractivity contribution in [2.24, 2.45) is 0 Å². The van der Waals surface area contributed by atoms with Gasteiger partial charge in [-0.25, -0.2) is 9.18 Å². The molecule has 1 saturated carbocycles. The molecule has 1 aromatic carbocycles. The minimum atomic E-state index is -1.02. The number of para-hydroxylation sites is 1. The first-order valence-electron chi connectivity index (χ1n) is 7.36. The highest BCUT2D eigenvalue weighted by molar-refractivity contribution is 5.85. The molecular formula is C16H22FNO3. The Hall–Kier alpha value is -1.62. The lowest BCUT2D eigenvalue weighted by Crippen LogP contribution is -2.59. The van der Waals surface area contributed by atoms with Crippen LogP contribution in [0.4, 0.5) is 10.1 Å². The standard InChI is InChI=1S/C16H22FNO3/c1-3-21-15(19)16(11-7-6-10-14(16)20-2)18-13-9-5-4-8-12(13)17/h4-5,8-9,14,18H,3,6-7,10-11H2,1-2H3. The van der Waals surface area contributed by atoms with Gasteiger partial charge in [0.2, 0.25) is 0 Å². The molecule has 2 unspecified atom stereocenters. The van der Waals surface area contributed by atoms with Crippen molar-refractivity contribution in [3.8, 4) is 0 Å². The van der Waals surface area contributed by atoms with Crippen molar-refractivity contribution >= 4 is 11.7 Å². The number of methoxy groups -OCH3 is 1. The van der Waals surface area contributed by atoms with Crippen LogP contribution in [0.3, 0.4) is 0 Å². The molecule has 0 bridgehead atoms. The Bertz CT molecular complexity index is 494. The van der Waals surface area contributed by atoms with Gasteiger partial charge in [-0.05, 0) is 31.9 Å². The lowest BCUT2D eigenvalue weighted by Gasteiger charge is -2.42. The molecule has 0 amide bonds. The number of carbonyl (C=O) groups excluding carboxylic acids is 1. The van der Waals surface area contributed by atoms with Crippen molar-refractivity contribution in [3.05, 3.63) is 30.1 Å². The summed E-state index contributed by atoms with van der Waals surface area (Å²) in [7, 11) is 1.58. The van der Waals surface area contributed by atoms with Gasteiger partial charge < -0.3 is 14.8 Å². The number of benzene rings is 1. The summed E-state index contributed by atoms with van der Waals surface area (Å²) in [5, 5.41) is 3.07. The Balaban J connectivity index is 2.35. The fraction of sp³-hybridized carbons (Fsp3) is 0.562. The molecule has 0 heterocycles. The number of anilines is 1. The van der Waals surface area contributed by atoms with Crippen molar-refractivity contribution in [1.29, 1.82) is 0 Å². The number of hydrogen-bond donors (Lipinski definition) is 1. The zero-order valence-electron chi connectivity index (χ0n) is 12.5. The summed E-state index contributed by atoms with van der Waals surface area (Å²) in [6.07, 6.45) is 2.85. The smallest absolute Gasteiger partial charge is 0.334 e. The van der Waals surface area contributed by atoms with Crippen LogP contribution in [0.2, 0.25) is 0 Å². The topological polar surface area (TPSA) is 47.6 Å². The van der Waals surface area contributed by atoms with E-state index in [1.165, 1.54) is 6.07 Å². The highest BCUT2D eigenvalue weighted by atomic mass is 19.1. The van der Waals surface area contributed by atoms with Crippen LogP contribution in [0.15, 0.2) is 24.3 Å². The molecule has 1 fully saturated rings. The highest BCUT2D eigenvalue weighted by Crippen LogP contribution is 2.35. The molecule has 21 heavy (non-hydrogen) atoms. The fourth-order valence-corrected chi connectivity index (χ4v) is 2.95. The SMILES string of the molecule is CCOC(=O)C1(Nc2ccccc2F)CCCCC1OC. The Labute approximate surface area is 124 Å². The summed E-state index contributed by atoms with van der Waals surface area (Å²) >= 11 is 0. The maximum atomic E-state index is 13.9. The summed E-state index contributed by atoms with van der Waals surface area (Å²) in [6.45, 7) is 2.05. The molecule has 5 heteroatoms. The fourth-order valence-electron chi connectivity index (χ4n) is 2.95. The number of halogens is 1.